The lowest BCUT2D eigenvalue weighted by Gasteiger charge is -2.20. The minimum atomic E-state index is 0.393. The number of nitrogens with one attached hydrogen (secondary N) is 1. The Bertz CT molecular complexity index is 662. The van der Waals surface area contributed by atoms with E-state index in [0.717, 1.165) is 18.5 Å². The van der Waals surface area contributed by atoms with E-state index in [-0.39, 0.29) is 0 Å². The third-order valence-electron chi connectivity index (χ3n) is 4.30. The van der Waals surface area contributed by atoms with Gasteiger partial charge in [0.1, 0.15) is 0 Å². The van der Waals surface area contributed by atoms with Crippen LogP contribution >= 0.6 is 0 Å². The van der Waals surface area contributed by atoms with Crippen LogP contribution < -0.4 is 16.0 Å². The van der Waals surface area contributed by atoms with Crippen molar-refractivity contribution in [3.05, 3.63) is 53.1 Å². The molecule has 0 fully saturated rings. The van der Waals surface area contributed by atoms with Gasteiger partial charge in [0.15, 0.2) is 0 Å². The summed E-state index contributed by atoms with van der Waals surface area (Å²) in [6.07, 6.45) is 2.24. The van der Waals surface area contributed by atoms with Crippen molar-refractivity contribution in [3.63, 3.8) is 0 Å². The van der Waals surface area contributed by atoms with Crippen molar-refractivity contribution in [2.45, 2.75) is 25.8 Å². The highest BCUT2D eigenvalue weighted by Crippen LogP contribution is 2.36. The van der Waals surface area contributed by atoms with Crippen LogP contribution in [0.4, 0.5) is 17.1 Å². The summed E-state index contributed by atoms with van der Waals surface area (Å²) in [4.78, 5) is 2.13. The summed E-state index contributed by atoms with van der Waals surface area (Å²) in [5, 5.41) is 3.69. The van der Waals surface area contributed by atoms with Crippen LogP contribution in [0.3, 0.4) is 0 Å². The molecule has 2 aromatic rings. The zero-order valence-corrected chi connectivity index (χ0v) is 13.0. The maximum absolute atomic E-state index is 5.87. The standard InChI is InChI=1S/C18H23N3/c1-12-10-15(21(2)3)6-9-17(12)20-18-8-4-13-11-14(19)5-7-16(13)18/h5-7,9-11,18,20H,4,8,19H2,1-3H3. The molecule has 0 aliphatic heterocycles. The third kappa shape index (κ3) is 2.68. The topological polar surface area (TPSA) is 41.3 Å². The molecule has 1 unspecified atom stereocenters. The summed E-state index contributed by atoms with van der Waals surface area (Å²) in [5.74, 6) is 0. The molecule has 1 atom stereocenters. The molecule has 2 aromatic carbocycles. The van der Waals surface area contributed by atoms with Gasteiger partial charge in [-0.1, -0.05) is 6.07 Å². The van der Waals surface area contributed by atoms with E-state index in [1.807, 2.05) is 6.07 Å². The van der Waals surface area contributed by atoms with E-state index < -0.39 is 0 Å². The molecular formula is C18H23N3. The molecule has 0 aromatic heterocycles. The molecule has 3 N–H and O–H groups in total. The van der Waals surface area contributed by atoms with Gasteiger partial charge in [-0.25, -0.2) is 0 Å². The van der Waals surface area contributed by atoms with E-state index in [9.17, 15) is 0 Å². The van der Waals surface area contributed by atoms with Gasteiger partial charge in [-0.2, -0.15) is 0 Å². The Morgan fingerprint density at radius 2 is 1.95 bits per heavy atom. The average molecular weight is 281 g/mol. The first-order chi connectivity index (χ1) is 10.0. The number of hydrogen-bond donors (Lipinski definition) is 2. The van der Waals surface area contributed by atoms with Gasteiger partial charge in [0, 0.05) is 31.2 Å². The normalized spacial score (nSPS) is 16.6. The summed E-state index contributed by atoms with van der Waals surface area (Å²) < 4.78 is 0. The van der Waals surface area contributed by atoms with Crippen LogP contribution in [0.1, 0.15) is 29.2 Å². The minimum absolute atomic E-state index is 0.393. The maximum Gasteiger partial charge on any atom is 0.0519 e. The fraction of sp³-hybridized carbons (Fsp3) is 0.333. The smallest absolute Gasteiger partial charge is 0.0519 e. The van der Waals surface area contributed by atoms with Crippen LogP contribution in [0.15, 0.2) is 36.4 Å². The summed E-state index contributed by atoms with van der Waals surface area (Å²) in [6.45, 7) is 2.16. The van der Waals surface area contributed by atoms with E-state index in [1.54, 1.807) is 0 Å². The molecule has 0 spiro atoms. The molecule has 3 heteroatoms. The zero-order chi connectivity index (χ0) is 15.0. The second-order valence-corrected chi connectivity index (χ2v) is 6.09. The fourth-order valence-corrected chi connectivity index (χ4v) is 3.06. The lowest BCUT2D eigenvalue weighted by molar-refractivity contribution is 0.761. The molecule has 21 heavy (non-hydrogen) atoms. The minimum Gasteiger partial charge on any atom is -0.399 e. The molecule has 3 rings (SSSR count). The number of aryl methyl sites for hydroxylation is 2. The number of rotatable bonds is 3. The number of hydrogen-bond acceptors (Lipinski definition) is 3. The summed E-state index contributed by atoms with van der Waals surface area (Å²) in [6, 6.07) is 13.2. The van der Waals surface area contributed by atoms with E-state index in [2.05, 4.69) is 61.6 Å². The first-order valence-electron chi connectivity index (χ1n) is 7.47. The highest BCUT2D eigenvalue weighted by molar-refractivity contribution is 5.61. The number of nitrogens with two attached hydrogens (primary N) is 1. The predicted octanol–water partition coefficient (Wildman–Crippen LogP) is 3.74. The fourth-order valence-electron chi connectivity index (χ4n) is 3.06. The highest BCUT2D eigenvalue weighted by atomic mass is 15.1. The molecule has 0 heterocycles. The van der Waals surface area contributed by atoms with Gasteiger partial charge >= 0.3 is 0 Å². The Morgan fingerprint density at radius 1 is 1.14 bits per heavy atom. The SMILES string of the molecule is Cc1cc(N(C)C)ccc1NC1CCc2cc(N)ccc21. The molecule has 110 valence electrons. The van der Waals surface area contributed by atoms with Crippen LogP contribution in [0.5, 0.6) is 0 Å². The molecular weight excluding hydrogens is 258 g/mol. The lowest BCUT2D eigenvalue weighted by atomic mass is 10.1. The molecule has 0 amide bonds. The number of nitrogens with zero attached hydrogens (tertiary/aromatic N) is 1. The third-order valence-corrected chi connectivity index (χ3v) is 4.30. The van der Waals surface area contributed by atoms with Crippen LogP contribution in [0.2, 0.25) is 0 Å². The molecule has 3 nitrogen and oxygen atoms in total. The van der Waals surface area contributed by atoms with E-state index in [4.69, 9.17) is 5.73 Å². The molecule has 0 radical (unpaired) electrons. The van der Waals surface area contributed by atoms with E-state index in [1.165, 1.54) is 28.1 Å². The molecule has 1 aliphatic carbocycles. The highest BCUT2D eigenvalue weighted by Gasteiger charge is 2.22. The van der Waals surface area contributed by atoms with Crippen molar-refractivity contribution < 1.29 is 0 Å². The van der Waals surface area contributed by atoms with Crippen molar-refractivity contribution in [1.82, 2.24) is 0 Å². The van der Waals surface area contributed by atoms with Gasteiger partial charge in [0.2, 0.25) is 0 Å². The first-order valence-corrected chi connectivity index (χ1v) is 7.47. The number of nitrogen functional groups attached to an aromatic ring is 1. The zero-order valence-electron chi connectivity index (χ0n) is 13.0. The summed E-state index contributed by atoms with van der Waals surface area (Å²) >= 11 is 0. The van der Waals surface area contributed by atoms with Crippen LogP contribution in [0.25, 0.3) is 0 Å². The van der Waals surface area contributed by atoms with Crippen molar-refractivity contribution in [3.8, 4) is 0 Å². The maximum atomic E-state index is 5.87. The average Bonchev–Trinajstić information content (AvgIpc) is 2.83. The Hall–Kier alpha value is -2.16. The van der Waals surface area contributed by atoms with Crippen molar-refractivity contribution in [2.75, 3.05) is 30.0 Å². The van der Waals surface area contributed by atoms with Gasteiger partial charge in [0.25, 0.3) is 0 Å². The van der Waals surface area contributed by atoms with Crippen molar-refractivity contribution in [2.24, 2.45) is 0 Å². The Morgan fingerprint density at radius 3 is 2.67 bits per heavy atom. The summed E-state index contributed by atoms with van der Waals surface area (Å²) in [5.41, 5.74) is 13.2. The molecule has 1 aliphatic rings. The number of benzene rings is 2. The monoisotopic (exact) mass is 281 g/mol. The van der Waals surface area contributed by atoms with Gasteiger partial charge in [-0.3, -0.25) is 0 Å². The Balaban J connectivity index is 1.83. The van der Waals surface area contributed by atoms with Gasteiger partial charge in [-0.15, -0.1) is 0 Å². The number of fused-ring (bicyclic) bond motifs is 1. The second kappa shape index (κ2) is 5.32. The second-order valence-electron chi connectivity index (χ2n) is 6.09. The Kier molecular flexibility index (Phi) is 3.50. The van der Waals surface area contributed by atoms with Gasteiger partial charge in [-0.05, 0) is 66.8 Å². The molecule has 0 bridgehead atoms. The van der Waals surface area contributed by atoms with E-state index in [0.29, 0.717) is 6.04 Å². The predicted molar refractivity (Wildman–Crippen MR) is 91.0 cm³/mol. The van der Waals surface area contributed by atoms with Crippen LogP contribution in [-0.4, -0.2) is 14.1 Å². The van der Waals surface area contributed by atoms with E-state index >= 15 is 0 Å². The molecule has 0 saturated heterocycles. The first kappa shape index (κ1) is 13.8. The Labute approximate surface area is 126 Å². The van der Waals surface area contributed by atoms with Crippen molar-refractivity contribution >= 4 is 17.1 Å². The summed E-state index contributed by atoms with van der Waals surface area (Å²) in [7, 11) is 4.14. The quantitative estimate of drug-likeness (QED) is 0.842. The van der Waals surface area contributed by atoms with Crippen LogP contribution in [-0.2, 0) is 6.42 Å². The van der Waals surface area contributed by atoms with Crippen LogP contribution in [0, 0.1) is 6.92 Å². The van der Waals surface area contributed by atoms with Crippen molar-refractivity contribution in [1.29, 1.82) is 0 Å². The largest absolute Gasteiger partial charge is 0.399 e. The van der Waals surface area contributed by atoms with Gasteiger partial charge < -0.3 is 16.0 Å². The number of anilines is 3. The lowest BCUT2D eigenvalue weighted by Crippen LogP contribution is -2.11. The van der Waals surface area contributed by atoms with Gasteiger partial charge in [0.05, 0.1) is 6.04 Å². The molecule has 0 saturated carbocycles.